The van der Waals surface area contributed by atoms with Crippen LogP contribution in [0, 0.1) is 0 Å². The molecule has 1 amide bonds. The Hall–Kier alpha value is -2.90. The highest BCUT2D eigenvalue weighted by molar-refractivity contribution is 6.05. The Labute approximate surface area is 146 Å². The van der Waals surface area contributed by atoms with Gasteiger partial charge >= 0.3 is 0 Å². The fraction of sp³-hybridized carbons (Fsp3) is 0.412. The van der Waals surface area contributed by atoms with Crippen LogP contribution < -0.4 is 19.9 Å². The van der Waals surface area contributed by atoms with E-state index in [-0.39, 0.29) is 5.91 Å². The van der Waals surface area contributed by atoms with E-state index in [0.29, 0.717) is 28.9 Å². The van der Waals surface area contributed by atoms with Gasteiger partial charge in [-0.15, -0.1) is 0 Å². The Balaban J connectivity index is 1.84. The maximum atomic E-state index is 12.5. The van der Waals surface area contributed by atoms with Crippen molar-refractivity contribution in [1.82, 2.24) is 15.0 Å². The van der Waals surface area contributed by atoms with Crippen LogP contribution in [0.1, 0.15) is 23.2 Å². The molecule has 1 aliphatic heterocycles. The number of carbonyl (C=O) groups is 1. The summed E-state index contributed by atoms with van der Waals surface area (Å²) in [6.45, 7) is 1.94. The zero-order valence-electron chi connectivity index (χ0n) is 14.7. The largest absolute Gasteiger partial charge is 0.481 e. The number of anilines is 3. The minimum atomic E-state index is -0.263. The third kappa shape index (κ3) is 3.78. The van der Waals surface area contributed by atoms with E-state index < -0.39 is 0 Å². The van der Waals surface area contributed by atoms with E-state index in [2.05, 4.69) is 25.2 Å². The van der Waals surface area contributed by atoms with Gasteiger partial charge in [0.2, 0.25) is 11.8 Å². The minimum absolute atomic E-state index is 0.263. The number of ether oxygens (including phenoxy) is 1. The molecule has 1 fully saturated rings. The summed E-state index contributed by atoms with van der Waals surface area (Å²) in [6.07, 6.45) is 5.51. The van der Waals surface area contributed by atoms with Crippen molar-refractivity contribution in [2.45, 2.75) is 12.8 Å². The first-order valence-corrected chi connectivity index (χ1v) is 8.19. The molecule has 0 aliphatic carbocycles. The van der Waals surface area contributed by atoms with E-state index in [0.717, 1.165) is 25.9 Å². The normalized spacial score (nSPS) is 13.6. The van der Waals surface area contributed by atoms with Crippen LogP contribution in [0.3, 0.4) is 0 Å². The molecule has 3 rings (SSSR count). The molecule has 25 heavy (non-hydrogen) atoms. The van der Waals surface area contributed by atoms with Gasteiger partial charge in [-0.2, -0.15) is 4.98 Å². The second kappa shape index (κ2) is 7.33. The first-order chi connectivity index (χ1) is 12.1. The van der Waals surface area contributed by atoms with E-state index in [1.54, 1.807) is 18.3 Å². The van der Waals surface area contributed by atoms with Gasteiger partial charge in [0.1, 0.15) is 5.69 Å². The predicted molar refractivity (Wildman–Crippen MR) is 96.5 cm³/mol. The summed E-state index contributed by atoms with van der Waals surface area (Å²) in [7, 11) is 5.29. The molecule has 0 saturated carbocycles. The lowest BCUT2D eigenvalue weighted by atomic mass is 10.2. The van der Waals surface area contributed by atoms with Crippen molar-refractivity contribution in [3.05, 3.63) is 30.1 Å². The van der Waals surface area contributed by atoms with E-state index in [1.165, 1.54) is 13.3 Å². The number of aromatic nitrogens is 3. The molecule has 0 atom stereocenters. The van der Waals surface area contributed by atoms with Gasteiger partial charge in [0.05, 0.1) is 13.3 Å². The van der Waals surface area contributed by atoms with E-state index in [1.807, 2.05) is 19.0 Å². The Morgan fingerprint density at radius 3 is 2.72 bits per heavy atom. The third-order valence-electron chi connectivity index (χ3n) is 4.02. The molecule has 1 aliphatic rings. The first-order valence-electron chi connectivity index (χ1n) is 8.19. The summed E-state index contributed by atoms with van der Waals surface area (Å²) in [4.78, 5) is 29.6. The highest BCUT2D eigenvalue weighted by atomic mass is 16.5. The van der Waals surface area contributed by atoms with Crippen molar-refractivity contribution in [1.29, 1.82) is 0 Å². The molecular weight excluding hydrogens is 320 g/mol. The molecule has 0 spiro atoms. The topological polar surface area (TPSA) is 83.5 Å². The van der Waals surface area contributed by atoms with Gasteiger partial charge < -0.3 is 19.9 Å². The monoisotopic (exact) mass is 342 g/mol. The highest BCUT2D eigenvalue weighted by Crippen LogP contribution is 2.26. The van der Waals surface area contributed by atoms with E-state index in [9.17, 15) is 4.79 Å². The van der Waals surface area contributed by atoms with Gasteiger partial charge in [0, 0.05) is 45.0 Å². The van der Waals surface area contributed by atoms with Crippen molar-refractivity contribution < 1.29 is 9.53 Å². The number of methoxy groups -OCH3 is 1. The second-order valence-corrected chi connectivity index (χ2v) is 6.04. The Kier molecular flexibility index (Phi) is 4.97. The van der Waals surface area contributed by atoms with Crippen LogP contribution in [-0.4, -0.2) is 55.2 Å². The SMILES string of the molecule is COc1cc(C(=O)Nc2cnc(N3CCCC3)nc2N(C)C)ccn1. The molecule has 132 valence electrons. The minimum Gasteiger partial charge on any atom is -0.481 e. The maximum Gasteiger partial charge on any atom is 0.256 e. The number of amides is 1. The molecular formula is C17H22N6O2. The Morgan fingerprint density at radius 1 is 1.28 bits per heavy atom. The second-order valence-electron chi connectivity index (χ2n) is 6.04. The zero-order chi connectivity index (χ0) is 17.8. The van der Waals surface area contributed by atoms with Crippen LogP contribution in [0.2, 0.25) is 0 Å². The molecule has 1 N–H and O–H groups in total. The van der Waals surface area contributed by atoms with Crippen molar-refractivity contribution in [2.75, 3.05) is 49.4 Å². The van der Waals surface area contributed by atoms with Crippen molar-refractivity contribution >= 4 is 23.4 Å². The lowest BCUT2D eigenvalue weighted by Gasteiger charge is -2.21. The average molecular weight is 342 g/mol. The summed E-state index contributed by atoms with van der Waals surface area (Å²) < 4.78 is 5.06. The number of nitrogens with zero attached hydrogens (tertiary/aromatic N) is 5. The highest BCUT2D eigenvalue weighted by Gasteiger charge is 2.19. The molecule has 2 aromatic heterocycles. The van der Waals surface area contributed by atoms with Gasteiger partial charge in [0.25, 0.3) is 5.91 Å². The summed E-state index contributed by atoms with van der Waals surface area (Å²) in [5.74, 6) is 1.50. The van der Waals surface area contributed by atoms with Gasteiger partial charge in [-0.05, 0) is 18.9 Å². The van der Waals surface area contributed by atoms with Crippen LogP contribution in [0.15, 0.2) is 24.5 Å². The van der Waals surface area contributed by atoms with Gasteiger partial charge in [0.15, 0.2) is 5.82 Å². The van der Waals surface area contributed by atoms with Crippen LogP contribution in [0.4, 0.5) is 17.5 Å². The van der Waals surface area contributed by atoms with E-state index >= 15 is 0 Å². The summed E-state index contributed by atoms with van der Waals surface area (Å²) >= 11 is 0. The fourth-order valence-electron chi connectivity index (χ4n) is 2.72. The summed E-state index contributed by atoms with van der Waals surface area (Å²) in [5.41, 5.74) is 1.02. The summed E-state index contributed by atoms with van der Waals surface area (Å²) in [5, 5.41) is 2.87. The third-order valence-corrected chi connectivity index (χ3v) is 4.02. The van der Waals surface area contributed by atoms with Crippen LogP contribution in [0.25, 0.3) is 0 Å². The Morgan fingerprint density at radius 2 is 2.04 bits per heavy atom. The molecule has 3 heterocycles. The lowest BCUT2D eigenvalue weighted by molar-refractivity contribution is 0.102. The van der Waals surface area contributed by atoms with E-state index in [4.69, 9.17) is 4.74 Å². The van der Waals surface area contributed by atoms with Gasteiger partial charge in [-0.1, -0.05) is 0 Å². The first kappa shape index (κ1) is 16.9. The van der Waals surface area contributed by atoms with Crippen molar-refractivity contribution in [2.24, 2.45) is 0 Å². The molecule has 0 aromatic carbocycles. The number of hydrogen-bond acceptors (Lipinski definition) is 7. The van der Waals surface area contributed by atoms with Crippen LogP contribution >= 0.6 is 0 Å². The maximum absolute atomic E-state index is 12.5. The quantitative estimate of drug-likeness (QED) is 0.887. The number of rotatable bonds is 5. The lowest BCUT2D eigenvalue weighted by Crippen LogP contribution is -2.23. The number of carbonyl (C=O) groups excluding carboxylic acids is 1. The predicted octanol–water partition coefficient (Wildman–Crippen LogP) is 1.80. The number of pyridine rings is 1. The summed E-state index contributed by atoms with van der Waals surface area (Å²) in [6, 6.07) is 3.22. The van der Waals surface area contributed by atoms with Gasteiger partial charge in [-0.25, -0.2) is 9.97 Å². The molecule has 1 saturated heterocycles. The van der Waals surface area contributed by atoms with Crippen LogP contribution in [-0.2, 0) is 0 Å². The standard InChI is InChI=1S/C17H22N6O2/c1-22(2)15-13(11-19-17(21-15)23-8-4-5-9-23)20-16(24)12-6-7-18-14(10-12)25-3/h6-7,10-11H,4-5,8-9H2,1-3H3,(H,20,24). The molecule has 0 radical (unpaired) electrons. The molecule has 8 nitrogen and oxygen atoms in total. The molecule has 2 aromatic rings. The van der Waals surface area contributed by atoms with Crippen LogP contribution in [0.5, 0.6) is 5.88 Å². The molecule has 8 heteroatoms. The van der Waals surface area contributed by atoms with Crippen molar-refractivity contribution in [3.63, 3.8) is 0 Å². The number of hydrogen-bond donors (Lipinski definition) is 1. The smallest absolute Gasteiger partial charge is 0.256 e. The average Bonchev–Trinajstić information content (AvgIpc) is 3.16. The molecule has 0 bridgehead atoms. The zero-order valence-corrected chi connectivity index (χ0v) is 14.7. The van der Waals surface area contributed by atoms with Crippen molar-refractivity contribution in [3.8, 4) is 5.88 Å². The fourth-order valence-corrected chi connectivity index (χ4v) is 2.72. The number of nitrogens with one attached hydrogen (secondary N) is 1. The van der Waals surface area contributed by atoms with Gasteiger partial charge in [-0.3, -0.25) is 4.79 Å². The molecule has 0 unspecified atom stereocenters. The Bertz CT molecular complexity index is 759.